The predicted molar refractivity (Wildman–Crippen MR) is 54.0 cm³/mol. The predicted octanol–water partition coefficient (Wildman–Crippen LogP) is 2.34. The van der Waals surface area contributed by atoms with Crippen molar-refractivity contribution >= 4 is 22.9 Å². The molecule has 0 bridgehead atoms. The number of rotatable bonds is 5. The van der Waals surface area contributed by atoms with E-state index in [1.807, 2.05) is 0 Å². The fourth-order valence-electron chi connectivity index (χ4n) is 0.901. The molecule has 4 heteroatoms. The highest BCUT2D eigenvalue weighted by atomic mass is 35.5. The van der Waals surface area contributed by atoms with Gasteiger partial charge in [-0.05, 0) is 13.0 Å². The summed E-state index contributed by atoms with van der Waals surface area (Å²) >= 11 is 7.30. The Hall–Kier alpha value is -0.120. The lowest BCUT2D eigenvalue weighted by Gasteiger charge is -1.98. The van der Waals surface area contributed by atoms with Crippen LogP contribution >= 0.6 is 22.9 Å². The van der Waals surface area contributed by atoms with E-state index in [2.05, 4.69) is 17.2 Å². The lowest BCUT2D eigenvalue weighted by Crippen LogP contribution is -2.17. The Labute approximate surface area is 82.0 Å². The first-order chi connectivity index (χ1) is 5.83. The minimum absolute atomic E-state index is 0.778. The highest BCUT2D eigenvalue weighted by Gasteiger charge is 1.97. The summed E-state index contributed by atoms with van der Waals surface area (Å²) in [6.07, 6.45) is 3.87. The van der Waals surface area contributed by atoms with E-state index in [0.717, 1.165) is 28.9 Å². The van der Waals surface area contributed by atoms with Gasteiger partial charge in [-0.15, -0.1) is 11.3 Å². The minimum atomic E-state index is 0.778. The molecule has 1 rings (SSSR count). The molecule has 0 aliphatic rings. The van der Waals surface area contributed by atoms with Crippen LogP contribution in [0.25, 0.3) is 0 Å². The summed E-state index contributed by atoms with van der Waals surface area (Å²) in [5.41, 5.74) is 0. The normalized spacial score (nSPS) is 10.5. The van der Waals surface area contributed by atoms with Crippen LogP contribution in [0.2, 0.25) is 4.34 Å². The maximum absolute atomic E-state index is 5.74. The summed E-state index contributed by atoms with van der Waals surface area (Å²) in [5.74, 6) is 0. The van der Waals surface area contributed by atoms with E-state index in [-0.39, 0.29) is 0 Å². The lowest BCUT2D eigenvalue weighted by atomic mass is 10.4. The minimum Gasteiger partial charge on any atom is -0.316 e. The summed E-state index contributed by atoms with van der Waals surface area (Å²) < 4.78 is 0.778. The molecule has 0 saturated heterocycles. The van der Waals surface area contributed by atoms with Crippen LogP contribution in [0, 0.1) is 0 Å². The molecule has 0 aliphatic carbocycles. The molecule has 0 radical (unpaired) electrons. The Balaban J connectivity index is 2.15. The van der Waals surface area contributed by atoms with Gasteiger partial charge in [0, 0.05) is 13.0 Å². The lowest BCUT2D eigenvalue weighted by molar-refractivity contribution is 0.670. The average molecular weight is 205 g/mol. The van der Waals surface area contributed by atoms with Gasteiger partial charge in [0.1, 0.15) is 4.34 Å². The Morgan fingerprint density at radius 2 is 2.42 bits per heavy atom. The highest BCUT2D eigenvalue weighted by Crippen LogP contribution is 2.17. The number of hydrogen-bond acceptors (Lipinski definition) is 3. The highest BCUT2D eigenvalue weighted by molar-refractivity contribution is 7.15. The van der Waals surface area contributed by atoms with Gasteiger partial charge in [-0.1, -0.05) is 18.5 Å². The molecule has 0 spiro atoms. The molecule has 0 unspecified atom stereocenters. The molecule has 0 fully saturated rings. The number of hydrogen-bond donors (Lipinski definition) is 1. The number of nitrogens with zero attached hydrogens (tertiary/aromatic N) is 1. The van der Waals surface area contributed by atoms with Gasteiger partial charge in [-0.3, -0.25) is 0 Å². The number of halogens is 1. The zero-order valence-electron chi connectivity index (χ0n) is 7.14. The summed E-state index contributed by atoms with van der Waals surface area (Å²) in [6, 6.07) is 0. The van der Waals surface area contributed by atoms with E-state index >= 15 is 0 Å². The molecule has 0 atom stereocenters. The molecule has 1 aromatic heterocycles. The van der Waals surface area contributed by atoms with E-state index in [4.69, 9.17) is 11.6 Å². The first kappa shape index (κ1) is 9.96. The molecule has 0 aliphatic heterocycles. The molecule has 0 saturated carbocycles. The van der Waals surface area contributed by atoms with Gasteiger partial charge in [-0.25, -0.2) is 4.98 Å². The first-order valence-corrected chi connectivity index (χ1v) is 5.33. The smallest absolute Gasteiger partial charge is 0.113 e. The van der Waals surface area contributed by atoms with Crippen LogP contribution in [0.1, 0.15) is 18.4 Å². The van der Waals surface area contributed by atoms with Gasteiger partial charge in [0.25, 0.3) is 0 Å². The zero-order valence-corrected chi connectivity index (χ0v) is 8.71. The molecule has 68 valence electrons. The van der Waals surface area contributed by atoms with Gasteiger partial charge >= 0.3 is 0 Å². The van der Waals surface area contributed by atoms with Crippen molar-refractivity contribution in [2.45, 2.75) is 19.8 Å². The van der Waals surface area contributed by atoms with Crippen molar-refractivity contribution in [1.82, 2.24) is 10.3 Å². The molecule has 1 aromatic rings. The van der Waals surface area contributed by atoms with E-state index < -0.39 is 0 Å². The van der Waals surface area contributed by atoms with E-state index in [1.54, 1.807) is 17.5 Å². The van der Waals surface area contributed by atoms with Crippen molar-refractivity contribution in [3.63, 3.8) is 0 Å². The number of aromatic nitrogens is 1. The van der Waals surface area contributed by atoms with Crippen LogP contribution in [0.5, 0.6) is 0 Å². The molecule has 1 heterocycles. The topological polar surface area (TPSA) is 24.9 Å². The largest absolute Gasteiger partial charge is 0.316 e. The maximum atomic E-state index is 5.74. The monoisotopic (exact) mass is 204 g/mol. The van der Waals surface area contributed by atoms with Crippen LogP contribution in [-0.2, 0) is 6.42 Å². The van der Waals surface area contributed by atoms with Crippen LogP contribution in [0.3, 0.4) is 0 Å². The van der Waals surface area contributed by atoms with Crippen molar-refractivity contribution in [3.05, 3.63) is 15.5 Å². The molecule has 12 heavy (non-hydrogen) atoms. The molecule has 2 nitrogen and oxygen atoms in total. The van der Waals surface area contributed by atoms with Crippen molar-refractivity contribution in [2.24, 2.45) is 0 Å². The van der Waals surface area contributed by atoms with Gasteiger partial charge in [0.05, 0.1) is 11.2 Å². The van der Waals surface area contributed by atoms with E-state index in [0.29, 0.717) is 0 Å². The van der Waals surface area contributed by atoms with Gasteiger partial charge < -0.3 is 5.32 Å². The number of thiazole rings is 1. The van der Waals surface area contributed by atoms with Gasteiger partial charge in [0.15, 0.2) is 0 Å². The second-order valence-electron chi connectivity index (χ2n) is 2.56. The van der Waals surface area contributed by atoms with Crippen LogP contribution < -0.4 is 5.32 Å². The van der Waals surface area contributed by atoms with Crippen LogP contribution in [-0.4, -0.2) is 18.1 Å². The first-order valence-electron chi connectivity index (χ1n) is 4.14. The molecule has 0 amide bonds. The van der Waals surface area contributed by atoms with Crippen LogP contribution in [0.15, 0.2) is 6.20 Å². The molecular formula is C8H13ClN2S. The zero-order chi connectivity index (χ0) is 8.81. The average Bonchev–Trinajstić information content (AvgIpc) is 2.45. The third-order valence-corrected chi connectivity index (χ3v) is 2.64. The van der Waals surface area contributed by atoms with Crippen molar-refractivity contribution in [1.29, 1.82) is 0 Å². The van der Waals surface area contributed by atoms with Gasteiger partial charge in [-0.2, -0.15) is 0 Å². The van der Waals surface area contributed by atoms with Crippen LogP contribution in [0.4, 0.5) is 0 Å². The van der Waals surface area contributed by atoms with Crippen molar-refractivity contribution in [2.75, 3.05) is 13.1 Å². The Bertz CT molecular complexity index is 225. The Morgan fingerprint density at radius 1 is 1.58 bits per heavy atom. The Morgan fingerprint density at radius 3 is 3.00 bits per heavy atom. The fourth-order valence-corrected chi connectivity index (χ4v) is 1.86. The quantitative estimate of drug-likeness (QED) is 0.745. The second-order valence-corrected chi connectivity index (χ2v) is 4.30. The second kappa shape index (κ2) is 5.51. The third kappa shape index (κ3) is 3.52. The summed E-state index contributed by atoms with van der Waals surface area (Å²) in [4.78, 5) is 4.16. The molecule has 0 aromatic carbocycles. The fraction of sp³-hybridized carbons (Fsp3) is 0.625. The summed E-state index contributed by atoms with van der Waals surface area (Å²) in [5, 5.41) is 4.43. The van der Waals surface area contributed by atoms with E-state index in [9.17, 15) is 0 Å². The maximum Gasteiger partial charge on any atom is 0.113 e. The SMILES string of the molecule is CCCNCCc1ncc(Cl)s1. The van der Waals surface area contributed by atoms with Gasteiger partial charge in [0.2, 0.25) is 0 Å². The van der Waals surface area contributed by atoms with Crippen molar-refractivity contribution < 1.29 is 0 Å². The third-order valence-electron chi connectivity index (χ3n) is 1.47. The number of nitrogens with one attached hydrogen (secondary N) is 1. The van der Waals surface area contributed by atoms with Crippen molar-refractivity contribution in [3.8, 4) is 0 Å². The van der Waals surface area contributed by atoms with E-state index in [1.165, 1.54) is 6.42 Å². The molecular weight excluding hydrogens is 192 g/mol. The Kier molecular flexibility index (Phi) is 4.58. The summed E-state index contributed by atoms with van der Waals surface area (Å²) in [7, 11) is 0. The summed E-state index contributed by atoms with van der Waals surface area (Å²) in [6.45, 7) is 4.24. The molecule has 1 N–H and O–H groups in total. The standard InChI is InChI=1S/C8H13ClN2S/c1-2-4-10-5-3-8-11-6-7(9)12-8/h6,10H,2-5H2,1H3.